The molecule has 0 radical (unpaired) electrons. The first kappa shape index (κ1) is 25.6. The Labute approximate surface area is 221 Å². The molecular weight excluding hydrogens is 488 g/mol. The first-order valence-corrected chi connectivity index (χ1v) is 12.8. The van der Waals surface area contributed by atoms with Gasteiger partial charge in [0.1, 0.15) is 12.3 Å². The third kappa shape index (κ3) is 4.66. The summed E-state index contributed by atoms with van der Waals surface area (Å²) in [6.07, 6.45) is 2.08. The predicted octanol–water partition coefficient (Wildman–Crippen LogP) is 3.39. The molecule has 2 fully saturated rings. The fourth-order valence-electron chi connectivity index (χ4n) is 5.37. The average molecular weight is 521 g/mol. The van der Waals surface area contributed by atoms with Crippen molar-refractivity contribution < 1.29 is 28.7 Å². The van der Waals surface area contributed by atoms with Crippen molar-refractivity contribution in [3.63, 3.8) is 0 Å². The number of nitrogens with one attached hydrogen (secondary N) is 2. The highest BCUT2D eigenvalue weighted by Crippen LogP contribution is 2.46. The molecule has 1 spiro atoms. The van der Waals surface area contributed by atoms with Crippen LogP contribution in [0.1, 0.15) is 42.9 Å². The maximum absolute atomic E-state index is 13.6. The van der Waals surface area contributed by atoms with Crippen LogP contribution >= 0.6 is 0 Å². The monoisotopic (exact) mass is 520 g/mol. The van der Waals surface area contributed by atoms with E-state index in [9.17, 15) is 19.2 Å². The lowest BCUT2D eigenvalue weighted by atomic mass is 9.94. The molecule has 2 N–H and O–H groups in total. The van der Waals surface area contributed by atoms with Crippen LogP contribution in [0.2, 0.25) is 0 Å². The van der Waals surface area contributed by atoms with Gasteiger partial charge in [0.25, 0.3) is 5.91 Å². The largest absolute Gasteiger partial charge is 0.497 e. The van der Waals surface area contributed by atoms with E-state index in [0.29, 0.717) is 30.1 Å². The summed E-state index contributed by atoms with van der Waals surface area (Å²) in [5.41, 5.74) is 1.48. The number of anilines is 1. The number of fused-ring (bicyclic) bond motifs is 2. The Morgan fingerprint density at radius 1 is 1.18 bits per heavy atom. The van der Waals surface area contributed by atoms with Crippen LogP contribution < -0.4 is 15.4 Å². The zero-order valence-corrected chi connectivity index (χ0v) is 21.8. The molecule has 5 amide bonds. The highest BCUT2D eigenvalue weighted by molar-refractivity contribution is 6.06. The molecule has 1 aliphatic heterocycles. The maximum atomic E-state index is 13.6. The van der Waals surface area contributed by atoms with Gasteiger partial charge >= 0.3 is 12.1 Å². The number of nitrogens with zero attached hydrogens (tertiary/aromatic N) is 2. The predicted molar refractivity (Wildman–Crippen MR) is 138 cm³/mol. The molecule has 2 atom stereocenters. The molecule has 2 aliphatic carbocycles. The van der Waals surface area contributed by atoms with E-state index in [2.05, 4.69) is 10.6 Å². The van der Waals surface area contributed by atoms with Crippen LogP contribution in [0.25, 0.3) is 0 Å². The lowest BCUT2D eigenvalue weighted by molar-refractivity contribution is -0.143. The number of aryl methyl sites for hydroxylation is 1. The standard InChI is InChI=1S/C28H32N4O6/c1-17(19-6-7-19)31(15-18-4-9-22(37-3)10-5-18)24(33)16-32-25(34)28(38-27(32)36)13-12-20-14-21(8-11-23(20)28)30-26(35)29-2/h4-5,8-11,14,17,19H,6-7,12-13,15-16H2,1-3H3,(H2,29,30,35)/t17?,28-/m1/s1. The molecule has 1 saturated carbocycles. The second-order valence-corrected chi connectivity index (χ2v) is 10.1. The summed E-state index contributed by atoms with van der Waals surface area (Å²) >= 11 is 0. The minimum Gasteiger partial charge on any atom is -0.497 e. The number of carbonyl (C=O) groups is 4. The van der Waals surface area contributed by atoms with E-state index >= 15 is 0 Å². The first-order valence-electron chi connectivity index (χ1n) is 12.8. The van der Waals surface area contributed by atoms with Crippen molar-refractivity contribution in [3.05, 3.63) is 59.2 Å². The zero-order valence-electron chi connectivity index (χ0n) is 21.8. The fourth-order valence-corrected chi connectivity index (χ4v) is 5.37. The summed E-state index contributed by atoms with van der Waals surface area (Å²) in [7, 11) is 3.12. The van der Waals surface area contributed by atoms with Gasteiger partial charge in [-0.15, -0.1) is 0 Å². The second-order valence-electron chi connectivity index (χ2n) is 10.1. The van der Waals surface area contributed by atoms with E-state index in [1.54, 1.807) is 30.2 Å². The van der Waals surface area contributed by atoms with E-state index in [4.69, 9.17) is 9.47 Å². The Hall–Kier alpha value is -4.08. The summed E-state index contributed by atoms with van der Waals surface area (Å²) in [5.74, 6) is 0.311. The van der Waals surface area contributed by atoms with Gasteiger partial charge < -0.3 is 25.0 Å². The van der Waals surface area contributed by atoms with Crippen molar-refractivity contribution in [2.75, 3.05) is 26.0 Å². The molecule has 1 saturated heterocycles. The van der Waals surface area contributed by atoms with Gasteiger partial charge in [-0.3, -0.25) is 9.59 Å². The van der Waals surface area contributed by atoms with Gasteiger partial charge in [-0.1, -0.05) is 18.2 Å². The van der Waals surface area contributed by atoms with Crippen molar-refractivity contribution in [3.8, 4) is 5.75 Å². The minimum absolute atomic E-state index is 0.0225. The topological polar surface area (TPSA) is 117 Å². The number of hydrogen-bond acceptors (Lipinski definition) is 6. The van der Waals surface area contributed by atoms with Gasteiger partial charge in [0.05, 0.1) is 7.11 Å². The lowest BCUT2D eigenvalue weighted by Crippen LogP contribution is -2.47. The number of ether oxygens (including phenoxy) is 2. The van der Waals surface area contributed by atoms with Gasteiger partial charge in [0, 0.05) is 37.3 Å². The number of urea groups is 1. The Bertz CT molecular complexity index is 1270. The molecule has 2 aromatic rings. The number of benzene rings is 2. The summed E-state index contributed by atoms with van der Waals surface area (Å²) in [4.78, 5) is 54.5. The molecule has 5 rings (SSSR count). The SMILES string of the molecule is CNC(=O)Nc1ccc2c(c1)CC[C@@]21OC(=O)N(CC(=O)N(Cc2ccc(OC)cc2)C(C)C2CC2)C1=O. The van der Waals surface area contributed by atoms with Crippen molar-refractivity contribution in [1.82, 2.24) is 15.1 Å². The van der Waals surface area contributed by atoms with Gasteiger partial charge in [0.2, 0.25) is 11.5 Å². The number of hydrogen-bond donors (Lipinski definition) is 2. The number of methoxy groups -OCH3 is 1. The quantitative estimate of drug-likeness (QED) is 0.551. The summed E-state index contributed by atoms with van der Waals surface area (Å²) in [6.45, 7) is 2.01. The van der Waals surface area contributed by atoms with E-state index < -0.39 is 17.6 Å². The molecule has 0 bridgehead atoms. The van der Waals surface area contributed by atoms with Crippen LogP contribution in [0.15, 0.2) is 42.5 Å². The number of amides is 5. The molecule has 3 aliphatic rings. The van der Waals surface area contributed by atoms with Crippen molar-refractivity contribution >= 4 is 29.6 Å². The molecule has 10 nitrogen and oxygen atoms in total. The summed E-state index contributed by atoms with van der Waals surface area (Å²) in [5, 5.41) is 5.20. The van der Waals surface area contributed by atoms with Crippen LogP contribution in [0, 0.1) is 5.92 Å². The van der Waals surface area contributed by atoms with Gasteiger partial charge in [0.15, 0.2) is 0 Å². The molecule has 1 heterocycles. The minimum atomic E-state index is -1.44. The van der Waals surface area contributed by atoms with E-state index in [-0.39, 0.29) is 30.9 Å². The smallest absolute Gasteiger partial charge is 0.418 e. The third-order valence-electron chi connectivity index (χ3n) is 7.77. The van der Waals surface area contributed by atoms with Crippen molar-refractivity contribution in [2.24, 2.45) is 5.92 Å². The third-order valence-corrected chi connectivity index (χ3v) is 7.77. The average Bonchev–Trinajstić information content (AvgIpc) is 3.67. The Morgan fingerprint density at radius 3 is 2.58 bits per heavy atom. The van der Waals surface area contributed by atoms with Gasteiger partial charge in [-0.05, 0) is 67.5 Å². The Morgan fingerprint density at radius 2 is 1.92 bits per heavy atom. The second kappa shape index (κ2) is 10.00. The molecule has 0 aromatic heterocycles. The van der Waals surface area contributed by atoms with Crippen LogP contribution in [0.3, 0.4) is 0 Å². The maximum Gasteiger partial charge on any atom is 0.418 e. The summed E-state index contributed by atoms with van der Waals surface area (Å²) < 4.78 is 10.9. The highest BCUT2D eigenvalue weighted by Gasteiger charge is 2.58. The number of imide groups is 1. The van der Waals surface area contributed by atoms with Crippen molar-refractivity contribution in [2.45, 2.75) is 50.8 Å². The molecule has 2 aromatic carbocycles. The molecule has 200 valence electrons. The fraction of sp³-hybridized carbons (Fsp3) is 0.429. The molecule has 38 heavy (non-hydrogen) atoms. The molecule has 1 unspecified atom stereocenters. The van der Waals surface area contributed by atoms with Gasteiger partial charge in [-0.25, -0.2) is 14.5 Å². The Balaban J connectivity index is 1.34. The van der Waals surface area contributed by atoms with E-state index in [0.717, 1.165) is 34.6 Å². The normalized spacial score (nSPS) is 20.7. The van der Waals surface area contributed by atoms with Crippen LogP contribution in [0.4, 0.5) is 15.3 Å². The van der Waals surface area contributed by atoms with Crippen LogP contribution in [0.5, 0.6) is 5.75 Å². The Kier molecular flexibility index (Phi) is 6.73. The van der Waals surface area contributed by atoms with Crippen LogP contribution in [-0.4, -0.2) is 60.5 Å². The number of rotatable bonds is 8. The highest BCUT2D eigenvalue weighted by atomic mass is 16.6. The lowest BCUT2D eigenvalue weighted by Gasteiger charge is -2.31. The first-order chi connectivity index (χ1) is 18.3. The van der Waals surface area contributed by atoms with Gasteiger partial charge in [-0.2, -0.15) is 0 Å². The zero-order chi connectivity index (χ0) is 27.0. The van der Waals surface area contributed by atoms with E-state index in [1.807, 2.05) is 31.2 Å². The van der Waals surface area contributed by atoms with Crippen molar-refractivity contribution in [1.29, 1.82) is 0 Å². The van der Waals surface area contributed by atoms with E-state index in [1.165, 1.54) is 7.05 Å². The summed E-state index contributed by atoms with van der Waals surface area (Å²) in [6, 6.07) is 12.3. The number of carbonyl (C=O) groups excluding carboxylic acids is 4. The molecular formula is C28H32N4O6. The molecule has 10 heteroatoms. The van der Waals surface area contributed by atoms with Crippen LogP contribution in [-0.2, 0) is 32.9 Å².